The van der Waals surface area contributed by atoms with Gasteiger partial charge in [0.05, 0.1) is 35.7 Å². The van der Waals surface area contributed by atoms with E-state index in [1.807, 2.05) is 23.9 Å². The Balaban J connectivity index is 2.22. The van der Waals surface area contributed by atoms with E-state index in [4.69, 9.17) is 10.5 Å². The highest BCUT2D eigenvalue weighted by atomic mass is 32.1. The van der Waals surface area contributed by atoms with Gasteiger partial charge in [0.25, 0.3) is 0 Å². The van der Waals surface area contributed by atoms with E-state index < -0.39 is 0 Å². The van der Waals surface area contributed by atoms with Crippen molar-refractivity contribution in [3.63, 3.8) is 0 Å². The van der Waals surface area contributed by atoms with Gasteiger partial charge in [0.1, 0.15) is 0 Å². The van der Waals surface area contributed by atoms with E-state index in [0.29, 0.717) is 6.42 Å². The van der Waals surface area contributed by atoms with Gasteiger partial charge in [-0.3, -0.25) is 4.68 Å². The minimum atomic E-state index is -0.149. The maximum absolute atomic E-state index is 6.26. The zero-order chi connectivity index (χ0) is 13.1. The van der Waals surface area contributed by atoms with Gasteiger partial charge in [0, 0.05) is 18.3 Å². The van der Waals surface area contributed by atoms with Crippen LogP contribution >= 0.6 is 11.3 Å². The standard InChI is InChI=1S/C12H18N4OS/c1-4-16-12(11(17-3)6-14-16)10(13)5-9-7-18-8(2)15-9/h6-7,10H,4-5,13H2,1-3H3. The highest BCUT2D eigenvalue weighted by Gasteiger charge is 2.19. The van der Waals surface area contributed by atoms with Gasteiger partial charge < -0.3 is 10.5 Å². The molecule has 1 atom stereocenters. The molecule has 6 heteroatoms. The van der Waals surface area contributed by atoms with E-state index in [0.717, 1.165) is 28.7 Å². The van der Waals surface area contributed by atoms with Crippen LogP contribution in [-0.2, 0) is 13.0 Å². The van der Waals surface area contributed by atoms with Crippen molar-refractivity contribution < 1.29 is 4.74 Å². The van der Waals surface area contributed by atoms with E-state index in [1.54, 1.807) is 24.6 Å². The van der Waals surface area contributed by atoms with Gasteiger partial charge in [0.2, 0.25) is 0 Å². The second-order valence-corrected chi connectivity index (χ2v) is 5.14. The number of nitrogens with zero attached hydrogens (tertiary/aromatic N) is 3. The molecule has 2 aromatic heterocycles. The number of ether oxygens (including phenoxy) is 1. The van der Waals surface area contributed by atoms with Crippen molar-refractivity contribution in [2.24, 2.45) is 5.73 Å². The summed E-state index contributed by atoms with van der Waals surface area (Å²) in [7, 11) is 1.64. The molecule has 0 saturated carbocycles. The van der Waals surface area contributed by atoms with Crippen LogP contribution in [0.2, 0.25) is 0 Å². The van der Waals surface area contributed by atoms with Crippen molar-refractivity contribution >= 4 is 11.3 Å². The smallest absolute Gasteiger partial charge is 0.161 e. The van der Waals surface area contributed by atoms with Crippen molar-refractivity contribution in [3.05, 3.63) is 28.0 Å². The van der Waals surface area contributed by atoms with Gasteiger partial charge in [0.15, 0.2) is 5.75 Å². The van der Waals surface area contributed by atoms with Crippen molar-refractivity contribution in [1.29, 1.82) is 0 Å². The van der Waals surface area contributed by atoms with Crippen LogP contribution in [0.15, 0.2) is 11.6 Å². The first-order chi connectivity index (χ1) is 8.65. The number of hydrogen-bond acceptors (Lipinski definition) is 5. The summed E-state index contributed by atoms with van der Waals surface area (Å²) in [4.78, 5) is 4.44. The normalized spacial score (nSPS) is 12.7. The fraction of sp³-hybridized carbons (Fsp3) is 0.500. The van der Waals surface area contributed by atoms with E-state index in [-0.39, 0.29) is 6.04 Å². The van der Waals surface area contributed by atoms with Crippen LogP contribution in [0.5, 0.6) is 5.75 Å². The summed E-state index contributed by atoms with van der Waals surface area (Å²) in [5.41, 5.74) is 8.22. The quantitative estimate of drug-likeness (QED) is 0.898. The van der Waals surface area contributed by atoms with E-state index >= 15 is 0 Å². The molecule has 0 aliphatic rings. The van der Waals surface area contributed by atoms with E-state index in [9.17, 15) is 0 Å². The van der Waals surface area contributed by atoms with Crippen LogP contribution in [-0.4, -0.2) is 21.9 Å². The summed E-state index contributed by atoms with van der Waals surface area (Å²) in [6.07, 6.45) is 2.41. The van der Waals surface area contributed by atoms with Gasteiger partial charge in [-0.15, -0.1) is 11.3 Å². The lowest BCUT2D eigenvalue weighted by Crippen LogP contribution is -2.19. The predicted octanol–water partition coefficient (Wildman–Crippen LogP) is 1.92. The Morgan fingerprint density at radius 3 is 2.89 bits per heavy atom. The lowest BCUT2D eigenvalue weighted by Gasteiger charge is -2.14. The van der Waals surface area contributed by atoms with Gasteiger partial charge >= 0.3 is 0 Å². The summed E-state index contributed by atoms with van der Waals surface area (Å²) in [6, 6.07) is -0.149. The van der Waals surface area contributed by atoms with Crippen LogP contribution < -0.4 is 10.5 Å². The molecule has 0 aliphatic heterocycles. The third-order valence-corrected chi connectivity index (χ3v) is 3.63. The zero-order valence-electron chi connectivity index (χ0n) is 10.9. The number of aromatic nitrogens is 3. The Morgan fingerprint density at radius 2 is 2.33 bits per heavy atom. The molecule has 98 valence electrons. The first kappa shape index (κ1) is 13.0. The molecule has 2 aromatic rings. The fourth-order valence-corrected chi connectivity index (χ4v) is 2.61. The number of methoxy groups -OCH3 is 1. The number of thiazole rings is 1. The molecular formula is C12H18N4OS. The topological polar surface area (TPSA) is 66.0 Å². The fourth-order valence-electron chi connectivity index (χ4n) is 1.99. The second-order valence-electron chi connectivity index (χ2n) is 4.08. The van der Waals surface area contributed by atoms with Gasteiger partial charge in [-0.25, -0.2) is 4.98 Å². The molecule has 18 heavy (non-hydrogen) atoms. The highest BCUT2D eigenvalue weighted by Crippen LogP contribution is 2.26. The van der Waals surface area contributed by atoms with Crippen molar-refractivity contribution in [3.8, 4) is 5.75 Å². The molecule has 0 bridgehead atoms. The summed E-state index contributed by atoms with van der Waals surface area (Å²) in [5.74, 6) is 0.747. The third-order valence-electron chi connectivity index (χ3n) is 2.81. The number of hydrogen-bond donors (Lipinski definition) is 1. The molecule has 0 spiro atoms. The van der Waals surface area contributed by atoms with Gasteiger partial charge in [-0.1, -0.05) is 0 Å². The molecule has 2 N–H and O–H groups in total. The number of rotatable bonds is 5. The number of aryl methyl sites for hydroxylation is 2. The Hall–Kier alpha value is -1.40. The third kappa shape index (κ3) is 2.54. The van der Waals surface area contributed by atoms with Crippen LogP contribution in [0, 0.1) is 6.92 Å². The molecule has 1 unspecified atom stereocenters. The molecule has 0 aliphatic carbocycles. The molecule has 0 fully saturated rings. The summed E-state index contributed by atoms with van der Waals surface area (Å²) < 4.78 is 7.19. The minimum Gasteiger partial charge on any atom is -0.493 e. The summed E-state index contributed by atoms with van der Waals surface area (Å²) in [5, 5.41) is 7.38. The first-order valence-corrected chi connectivity index (χ1v) is 6.80. The van der Waals surface area contributed by atoms with E-state index in [2.05, 4.69) is 10.1 Å². The van der Waals surface area contributed by atoms with E-state index in [1.165, 1.54) is 0 Å². The minimum absolute atomic E-state index is 0.149. The monoisotopic (exact) mass is 266 g/mol. The largest absolute Gasteiger partial charge is 0.493 e. The molecule has 0 saturated heterocycles. The first-order valence-electron chi connectivity index (χ1n) is 5.92. The van der Waals surface area contributed by atoms with Crippen LogP contribution in [0.25, 0.3) is 0 Å². The second kappa shape index (κ2) is 5.49. The average molecular weight is 266 g/mol. The molecular weight excluding hydrogens is 248 g/mol. The van der Waals surface area contributed by atoms with Gasteiger partial charge in [-0.2, -0.15) is 5.10 Å². The average Bonchev–Trinajstić information content (AvgIpc) is 2.94. The Labute approximate surface area is 111 Å². The van der Waals surface area contributed by atoms with Crippen molar-refractivity contribution in [2.45, 2.75) is 32.9 Å². The SMILES string of the molecule is CCn1ncc(OC)c1C(N)Cc1csc(C)n1. The molecule has 0 radical (unpaired) electrons. The predicted molar refractivity (Wildman–Crippen MR) is 71.9 cm³/mol. The Bertz CT molecular complexity index is 498. The highest BCUT2D eigenvalue weighted by molar-refractivity contribution is 7.09. The molecule has 0 amide bonds. The maximum atomic E-state index is 6.26. The summed E-state index contributed by atoms with van der Waals surface area (Å²) in [6.45, 7) is 4.81. The van der Waals surface area contributed by atoms with Crippen LogP contribution in [0.3, 0.4) is 0 Å². The van der Waals surface area contributed by atoms with Crippen molar-refractivity contribution in [2.75, 3.05) is 7.11 Å². The molecule has 2 rings (SSSR count). The Kier molecular flexibility index (Phi) is 3.98. The summed E-state index contributed by atoms with van der Waals surface area (Å²) >= 11 is 1.64. The molecule has 5 nitrogen and oxygen atoms in total. The lowest BCUT2D eigenvalue weighted by molar-refractivity contribution is 0.401. The van der Waals surface area contributed by atoms with Gasteiger partial charge in [-0.05, 0) is 13.8 Å². The van der Waals surface area contributed by atoms with Crippen LogP contribution in [0.4, 0.5) is 0 Å². The maximum Gasteiger partial charge on any atom is 0.161 e. The molecule has 2 heterocycles. The van der Waals surface area contributed by atoms with Crippen LogP contribution in [0.1, 0.15) is 29.4 Å². The lowest BCUT2D eigenvalue weighted by atomic mass is 10.1. The zero-order valence-corrected chi connectivity index (χ0v) is 11.7. The van der Waals surface area contributed by atoms with Crippen molar-refractivity contribution in [1.82, 2.24) is 14.8 Å². The number of nitrogens with two attached hydrogens (primary N) is 1. The Morgan fingerprint density at radius 1 is 1.56 bits per heavy atom. The molecule has 0 aromatic carbocycles.